The van der Waals surface area contributed by atoms with Gasteiger partial charge in [0.2, 0.25) is 11.8 Å². The van der Waals surface area contributed by atoms with E-state index in [9.17, 15) is 14.4 Å². The van der Waals surface area contributed by atoms with Crippen LogP contribution in [0, 0.1) is 6.92 Å². The number of rotatable bonds is 6. The van der Waals surface area contributed by atoms with Crippen molar-refractivity contribution in [2.24, 2.45) is 0 Å². The van der Waals surface area contributed by atoms with E-state index in [1.165, 1.54) is 6.92 Å². The van der Waals surface area contributed by atoms with Gasteiger partial charge in [-0.15, -0.1) is 10.2 Å². The Bertz CT molecular complexity index is 1150. The van der Waals surface area contributed by atoms with Crippen molar-refractivity contribution in [3.05, 3.63) is 64.4 Å². The average molecular weight is 423 g/mol. The molecule has 1 heterocycles. The fourth-order valence-electron chi connectivity index (χ4n) is 2.71. The normalized spacial score (nSPS) is 11.6. The number of aromatic amines is 1. The van der Waals surface area contributed by atoms with E-state index in [0.717, 1.165) is 23.0 Å². The molecule has 3 aromatic rings. The van der Waals surface area contributed by atoms with Gasteiger partial charge in [-0.2, -0.15) is 0 Å². The van der Waals surface area contributed by atoms with Crippen LogP contribution < -0.4 is 16.2 Å². The fraction of sp³-hybridized carbons (Fsp3) is 0.190. The number of thioether (sulfide) groups is 1. The number of H-pyrrole nitrogens is 1. The van der Waals surface area contributed by atoms with Crippen molar-refractivity contribution >= 4 is 35.0 Å². The van der Waals surface area contributed by atoms with Crippen molar-refractivity contribution in [2.45, 2.75) is 31.2 Å². The van der Waals surface area contributed by atoms with Gasteiger partial charge in [0.1, 0.15) is 0 Å². The van der Waals surface area contributed by atoms with Gasteiger partial charge in [0.15, 0.2) is 10.9 Å². The van der Waals surface area contributed by atoms with E-state index in [-0.39, 0.29) is 22.7 Å². The number of anilines is 2. The maximum atomic E-state index is 12.6. The number of aromatic nitrogens is 3. The molecule has 30 heavy (non-hydrogen) atoms. The molecule has 0 radical (unpaired) electrons. The summed E-state index contributed by atoms with van der Waals surface area (Å²) in [5.41, 5.74) is 2.25. The maximum Gasteiger partial charge on any atom is 0.278 e. The summed E-state index contributed by atoms with van der Waals surface area (Å²) in [6.07, 6.45) is 0. The van der Waals surface area contributed by atoms with Crippen LogP contribution in [0.1, 0.15) is 19.4 Å². The van der Waals surface area contributed by atoms with Crippen molar-refractivity contribution < 1.29 is 9.59 Å². The van der Waals surface area contributed by atoms with Crippen LogP contribution in [0.15, 0.2) is 58.5 Å². The van der Waals surface area contributed by atoms with E-state index in [1.807, 2.05) is 31.2 Å². The number of nitrogens with zero attached hydrogens (tertiary/aromatic N) is 2. The first kappa shape index (κ1) is 21.3. The van der Waals surface area contributed by atoms with Crippen LogP contribution in [0.25, 0.3) is 11.3 Å². The monoisotopic (exact) mass is 423 g/mol. The highest BCUT2D eigenvalue weighted by molar-refractivity contribution is 8.00. The van der Waals surface area contributed by atoms with Gasteiger partial charge in [-0.05, 0) is 31.5 Å². The smallest absolute Gasteiger partial charge is 0.278 e. The minimum Gasteiger partial charge on any atom is -0.326 e. The van der Waals surface area contributed by atoms with Gasteiger partial charge in [-0.1, -0.05) is 48.2 Å². The van der Waals surface area contributed by atoms with Crippen LogP contribution in [-0.4, -0.2) is 32.2 Å². The first-order valence-corrected chi connectivity index (χ1v) is 10.1. The number of aryl methyl sites for hydroxylation is 1. The van der Waals surface area contributed by atoms with Crippen LogP contribution in [0.2, 0.25) is 0 Å². The Hall–Kier alpha value is -3.46. The Morgan fingerprint density at radius 2 is 1.67 bits per heavy atom. The summed E-state index contributed by atoms with van der Waals surface area (Å²) < 4.78 is 0. The van der Waals surface area contributed by atoms with Crippen LogP contribution in [0.4, 0.5) is 11.4 Å². The molecule has 0 saturated heterocycles. The molecule has 2 amide bonds. The molecule has 0 aliphatic rings. The number of nitrogens with one attached hydrogen (secondary N) is 3. The minimum atomic E-state index is -0.507. The van der Waals surface area contributed by atoms with Crippen LogP contribution in [0.3, 0.4) is 0 Å². The van der Waals surface area contributed by atoms with Gasteiger partial charge in [-0.3, -0.25) is 19.4 Å². The third-order valence-electron chi connectivity index (χ3n) is 4.23. The number of hydrogen-bond donors (Lipinski definition) is 3. The van der Waals surface area contributed by atoms with Crippen LogP contribution in [0.5, 0.6) is 0 Å². The van der Waals surface area contributed by atoms with E-state index >= 15 is 0 Å². The molecule has 154 valence electrons. The van der Waals surface area contributed by atoms with Gasteiger partial charge in [0.05, 0.1) is 10.9 Å². The molecule has 9 heteroatoms. The number of carbonyl (C=O) groups is 2. The zero-order valence-electron chi connectivity index (χ0n) is 16.7. The second-order valence-corrected chi connectivity index (χ2v) is 7.93. The molecule has 1 aromatic heterocycles. The van der Waals surface area contributed by atoms with Gasteiger partial charge in [-0.25, -0.2) is 0 Å². The van der Waals surface area contributed by atoms with E-state index in [2.05, 4.69) is 25.8 Å². The Labute approximate surface area is 177 Å². The van der Waals surface area contributed by atoms with Crippen molar-refractivity contribution in [3.63, 3.8) is 0 Å². The number of carbonyl (C=O) groups excluding carboxylic acids is 2. The van der Waals surface area contributed by atoms with E-state index in [0.29, 0.717) is 11.3 Å². The Morgan fingerprint density at radius 3 is 2.33 bits per heavy atom. The quantitative estimate of drug-likeness (QED) is 0.524. The number of para-hydroxylation sites is 2. The average Bonchev–Trinajstić information content (AvgIpc) is 2.70. The van der Waals surface area contributed by atoms with Crippen LogP contribution >= 0.6 is 11.8 Å². The highest BCUT2D eigenvalue weighted by atomic mass is 32.2. The first-order chi connectivity index (χ1) is 14.3. The summed E-state index contributed by atoms with van der Waals surface area (Å²) in [6.45, 7) is 5.02. The summed E-state index contributed by atoms with van der Waals surface area (Å²) in [4.78, 5) is 39.1. The Balaban J connectivity index is 1.76. The molecule has 1 atom stereocenters. The lowest BCUT2D eigenvalue weighted by Crippen LogP contribution is -2.24. The molecule has 0 fully saturated rings. The first-order valence-electron chi connectivity index (χ1n) is 9.22. The highest BCUT2D eigenvalue weighted by Crippen LogP contribution is 2.25. The molecule has 2 aromatic carbocycles. The molecule has 3 N–H and O–H groups in total. The number of benzene rings is 2. The summed E-state index contributed by atoms with van der Waals surface area (Å²) >= 11 is 1.10. The Kier molecular flexibility index (Phi) is 6.63. The lowest BCUT2D eigenvalue weighted by atomic mass is 10.1. The SMILES string of the molecule is CC(=O)Nc1ccccc1-c1nnc(S[C@H](C)C(=O)Nc2ccccc2C)[nH]c1=O. The van der Waals surface area contributed by atoms with Crippen molar-refractivity contribution in [2.75, 3.05) is 10.6 Å². The highest BCUT2D eigenvalue weighted by Gasteiger charge is 2.18. The third kappa shape index (κ3) is 5.12. The molecule has 3 rings (SSSR count). The molecule has 8 nitrogen and oxygen atoms in total. The molecule has 0 aliphatic carbocycles. The lowest BCUT2D eigenvalue weighted by Gasteiger charge is -2.13. The van der Waals surface area contributed by atoms with Gasteiger partial charge < -0.3 is 10.6 Å². The minimum absolute atomic E-state index is 0.0840. The topological polar surface area (TPSA) is 117 Å². The summed E-state index contributed by atoms with van der Waals surface area (Å²) in [6, 6.07) is 14.3. The zero-order valence-corrected chi connectivity index (χ0v) is 17.5. The summed E-state index contributed by atoms with van der Waals surface area (Å²) in [5, 5.41) is 13.3. The molecular weight excluding hydrogens is 402 g/mol. The maximum absolute atomic E-state index is 12.6. The van der Waals surface area contributed by atoms with Gasteiger partial charge >= 0.3 is 0 Å². The van der Waals surface area contributed by atoms with Gasteiger partial charge in [0, 0.05) is 18.2 Å². The predicted octanol–water partition coefficient (Wildman–Crippen LogP) is 3.22. The molecular formula is C21H21N5O3S. The lowest BCUT2D eigenvalue weighted by molar-refractivity contribution is -0.115. The van der Waals surface area contributed by atoms with Crippen molar-refractivity contribution in [3.8, 4) is 11.3 Å². The molecule has 0 saturated carbocycles. The summed E-state index contributed by atoms with van der Waals surface area (Å²) in [7, 11) is 0. The fourth-order valence-corrected chi connectivity index (χ4v) is 3.45. The standard InChI is InChI=1S/C21H21N5O3S/c1-12-8-4-6-10-16(12)23-19(28)13(2)30-21-24-20(29)18(25-26-21)15-9-5-7-11-17(15)22-14(3)27/h4-11,13H,1-3H3,(H,22,27)(H,23,28)(H,24,26,29)/t13-/m1/s1. The second kappa shape index (κ2) is 9.36. The molecule has 0 spiro atoms. The van der Waals surface area contributed by atoms with E-state index in [1.54, 1.807) is 31.2 Å². The largest absolute Gasteiger partial charge is 0.326 e. The number of amides is 2. The summed E-state index contributed by atoms with van der Waals surface area (Å²) in [5.74, 6) is -0.468. The van der Waals surface area contributed by atoms with Crippen molar-refractivity contribution in [1.29, 1.82) is 0 Å². The van der Waals surface area contributed by atoms with Crippen LogP contribution in [-0.2, 0) is 9.59 Å². The number of hydrogen-bond acceptors (Lipinski definition) is 6. The van der Waals surface area contributed by atoms with Gasteiger partial charge in [0.25, 0.3) is 5.56 Å². The second-order valence-electron chi connectivity index (χ2n) is 6.60. The van der Waals surface area contributed by atoms with E-state index < -0.39 is 10.8 Å². The third-order valence-corrected chi connectivity index (χ3v) is 5.20. The molecule has 0 bridgehead atoms. The predicted molar refractivity (Wildman–Crippen MR) is 118 cm³/mol. The van der Waals surface area contributed by atoms with Crippen molar-refractivity contribution in [1.82, 2.24) is 15.2 Å². The van der Waals surface area contributed by atoms with E-state index in [4.69, 9.17) is 0 Å². The molecule has 0 unspecified atom stereocenters. The zero-order chi connectivity index (χ0) is 21.7. The Morgan fingerprint density at radius 1 is 1.00 bits per heavy atom. The molecule has 0 aliphatic heterocycles.